The largest absolute Gasteiger partial charge is 0.453 e. The first kappa shape index (κ1) is 18.8. The number of nitrogens with zero attached hydrogens (tertiary/aromatic N) is 6. The van der Waals surface area contributed by atoms with Crippen LogP contribution in [0.25, 0.3) is 22.4 Å². The summed E-state index contributed by atoms with van der Waals surface area (Å²) >= 11 is 0. The first-order valence-electron chi connectivity index (χ1n) is 9.80. The fourth-order valence-electron chi connectivity index (χ4n) is 3.77. The summed E-state index contributed by atoms with van der Waals surface area (Å²) in [6.45, 7) is 3.45. The Bertz CT molecular complexity index is 1080. The van der Waals surface area contributed by atoms with E-state index >= 15 is 0 Å². The van der Waals surface area contributed by atoms with E-state index in [2.05, 4.69) is 15.2 Å². The first-order valence-corrected chi connectivity index (χ1v) is 9.80. The van der Waals surface area contributed by atoms with Gasteiger partial charge in [-0.1, -0.05) is 0 Å². The van der Waals surface area contributed by atoms with Gasteiger partial charge in [0.1, 0.15) is 5.82 Å². The lowest BCUT2D eigenvalue weighted by Gasteiger charge is -2.26. The number of anilines is 1. The maximum Gasteiger partial charge on any atom is 0.409 e. The lowest BCUT2D eigenvalue weighted by molar-refractivity contribution is -0.0266. The van der Waals surface area contributed by atoms with Crippen molar-refractivity contribution in [3.05, 3.63) is 24.1 Å². The molecule has 10 nitrogen and oxygen atoms in total. The molecule has 2 aliphatic rings. The van der Waals surface area contributed by atoms with E-state index in [0.717, 1.165) is 6.42 Å². The lowest BCUT2D eigenvalue weighted by atomic mass is 10.1. The van der Waals surface area contributed by atoms with Crippen LogP contribution in [0.5, 0.6) is 0 Å². The van der Waals surface area contributed by atoms with E-state index in [9.17, 15) is 9.18 Å². The molecule has 30 heavy (non-hydrogen) atoms. The monoisotopic (exact) mass is 416 g/mol. The summed E-state index contributed by atoms with van der Waals surface area (Å²) in [7, 11) is 1.37. The molecule has 3 aromatic rings. The van der Waals surface area contributed by atoms with Gasteiger partial charge >= 0.3 is 6.09 Å². The highest BCUT2D eigenvalue weighted by Gasteiger charge is 2.26. The number of carbonyl (C=O) groups excluding carboxylic acids is 1. The number of fused-ring (bicyclic) bond motifs is 1. The highest BCUT2D eigenvalue weighted by atomic mass is 19.1. The number of aromatic nitrogens is 4. The molecule has 158 valence electrons. The van der Waals surface area contributed by atoms with E-state index < -0.39 is 5.82 Å². The van der Waals surface area contributed by atoms with Gasteiger partial charge in [0, 0.05) is 31.7 Å². The van der Waals surface area contributed by atoms with E-state index in [1.807, 2.05) is 11.0 Å². The van der Waals surface area contributed by atoms with Crippen LogP contribution in [-0.2, 0) is 9.47 Å². The van der Waals surface area contributed by atoms with Crippen LogP contribution in [0.1, 0.15) is 12.5 Å². The van der Waals surface area contributed by atoms with Gasteiger partial charge in [0.25, 0.3) is 11.8 Å². The molecular weight excluding hydrogens is 395 g/mol. The van der Waals surface area contributed by atoms with Gasteiger partial charge in [0.2, 0.25) is 0 Å². The van der Waals surface area contributed by atoms with Crippen LogP contribution in [0.3, 0.4) is 0 Å². The Hall–Kier alpha value is -3.21. The quantitative estimate of drug-likeness (QED) is 0.640. The number of benzene rings is 1. The third kappa shape index (κ3) is 3.24. The average molecular weight is 416 g/mol. The Morgan fingerprint density at radius 1 is 1.23 bits per heavy atom. The fraction of sp³-hybridized carbons (Fsp3) is 0.474. The van der Waals surface area contributed by atoms with Gasteiger partial charge in [-0.3, -0.25) is 4.68 Å². The highest BCUT2D eigenvalue weighted by Crippen LogP contribution is 2.30. The number of rotatable bonds is 3. The van der Waals surface area contributed by atoms with Crippen molar-refractivity contribution in [2.24, 2.45) is 0 Å². The number of carbonyl (C=O) groups is 1. The van der Waals surface area contributed by atoms with Crippen molar-refractivity contribution in [1.29, 1.82) is 0 Å². The molecule has 11 heteroatoms. The molecule has 0 atom stereocenters. The van der Waals surface area contributed by atoms with Crippen molar-refractivity contribution in [2.45, 2.75) is 12.5 Å². The molecule has 0 radical (unpaired) electrons. The van der Waals surface area contributed by atoms with E-state index in [-0.39, 0.29) is 18.0 Å². The number of halogens is 1. The summed E-state index contributed by atoms with van der Waals surface area (Å²) in [5.41, 5.74) is 1.16. The third-order valence-electron chi connectivity index (χ3n) is 5.51. The van der Waals surface area contributed by atoms with Crippen molar-refractivity contribution in [3.8, 4) is 11.5 Å². The normalized spacial score (nSPS) is 17.8. The second kappa shape index (κ2) is 7.56. The van der Waals surface area contributed by atoms with E-state index in [4.69, 9.17) is 14.0 Å². The zero-order chi connectivity index (χ0) is 20.7. The summed E-state index contributed by atoms with van der Waals surface area (Å²) in [4.78, 5) is 19.8. The topological polar surface area (TPSA) is 98.8 Å². The molecule has 2 aromatic heterocycles. The van der Waals surface area contributed by atoms with Crippen LogP contribution in [0.15, 0.2) is 22.9 Å². The SMILES string of the molecule is COC(=O)N1CCCN(c2noc(-c3cc(F)c4cnn(C5COC5)c4c3)n2)CC1. The predicted octanol–water partition coefficient (Wildman–Crippen LogP) is 2.08. The molecule has 2 aliphatic heterocycles. The molecule has 1 amide bonds. The summed E-state index contributed by atoms with van der Waals surface area (Å²) in [5.74, 6) is 0.257. The van der Waals surface area contributed by atoms with Gasteiger partial charge in [-0.25, -0.2) is 9.18 Å². The summed E-state index contributed by atoms with van der Waals surface area (Å²) in [6, 6.07) is 3.29. The second-order valence-corrected chi connectivity index (χ2v) is 7.37. The maximum absolute atomic E-state index is 14.7. The van der Waals surface area contributed by atoms with Crippen molar-refractivity contribution < 1.29 is 23.2 Å². The minimum absolute atomic E-state index is 0.102. The molecular formula is C19H21FN6O4. The Morgan fingerprint density at radius 2 is 2.10 bits per heavy atom. The lowest BCUT2D eigenvalue weighted by Crippen LogP contribution is -2.35. The molecule has 2 fully saturated rings. The Balaban J connectivity index is 1.40. The predicted molar refractivity (Wildman–Crippen MR) is 104 cm³/mol. The Labute approximate surface area is 171 Å². The molecule has 0 N–H and O–H groups in total. The zero-order valence-corrected chi connectivity index (χ0v) is 16.5. The van der Waals surface area contributed by atoms with Crippen LogP contribution < -0.4 is 4.90 Å². The van der Waals surface area contributed by atoms with Gasteiger partial charge in [-0.05, 0) is 23.7 Å². The molecule has 1 aromatic carbocycles. The number of hydrogen-bond donors (Lipinski definition) is 0. The van der Waals surface area contributed by atoms with E-state index in [1.165, 1.54) is 19.4 Å². The maximum atomic E-state index is 14.7. The number of methoxy groups -OCH3 is 1. The molecule has 0 aliphatic carbocycles. The summed E-state index contributed by atoms with van der Waals surface area (Å²) in [6.07, 6.45) is 1.93. The molecule has 0 bridgehead atoms. The minimum Gasteiger partial charge on any atom is -0.453 e. The minimum atomic E-state index is -0.391. The fourth-order valence-corrected chi connectivity index (χ4v) is 3.77. The second-order valence-electron chi connectivity index (χ2n) is 7.37. The van der Waals surface area contributed by atoms with Gasteiger partial charge < -0.3 is 23.8 Å². The summed E-state index contributed by atoms with van der Waals surface area (Å²) in [5, 5.41) is 8.83. The molecule has 5 rings (SSSR count). The smallest absolute Gasteiger partial charge is 0.409 e. The van der Waals surface area contributed by atoms with Crippen molar-refractivity contribution in [3.63, 3.8) is 0 Å². The highest BCUT2D eigenvalue weighted by molar-refractivity contribution is 5.84. The summed E-state index contributed by atoms with van der Waals surface area (Å²) < 4.78 is 31.9. The van der Waals surface area contributed by atoms with Crippen LogP contribution in [0.2, 0.25) is 0 Å². The number of amides is 1. The van der Waals surface area contributed by atoms with Gasteiger partial charge in [0.15, 0.2) is 0 Å². The van der Waals surface area contributed by atoms with Crippen LogP contribution in [-0.4, -0.2) is 77.4 Å². The molecule has 2 saturated heterocycles. The van der Waals surface area contributed by atoms with Crippen molar-refractivity contribution in [2.75, 3.05) is 51.4 Å². The van der Waals surface area contributed by atoms with Gasteiger partial charge in [0.05, 0.1) is 43.5 Å². The van der Waals surface area contributed by atoms with Crippen LogP contribution in [0, 0.1) is 5.82 Å². The van der Waals surface area contributed by atoms with Crippen molar-refractivity contribution >= 4 is 22.9 Å². The third-order valence-corrected chi connectivity index (χ3v) is 5.51. The Morgan fingerprint density at radius 3 is 2.87 bits per heavy atom. The average Bonchev–Trinajstić information content (AvgIpc) is 3.28. The number of hydrogen-bond acceptors (Lipinski definition) is 8. The molecule has 0 spiro atoms. The molecule has 0 unspecified atom stereocenters. The van der Waals surface area contributed by atoms with Gasteiger partial charge in [-0.2, -0.15) is 10.1 Å². The van der Waals surface area contributed by atoms with Gasteiger partial charge in [-0.15, -0.1) is 0 Å². The molecule has 0 saturated carbocycles. The zero-order valence-electron chi connectivity index (χ0n) is 16.5. The first-order chi connectivity index (χ1) is 14.6. The van der Waals surface area contributed by atoms with Crippen LogP contribution >= 0.6 is 0 Å². The Kier molecular flexibility index (Phi) is 4.74. The number of ether oxygens (including phenoxy) is 2. The van der Waals surface area contributed by atoms with Crippen LogP contribution in [0.4, 0.5) is 15.1 Å². The molecule has 4 heterocycles. The van der Waals surface area contributed by atoms with E-state index in [1.54, 1.807) is 9.58 Å². The standard InChI is InChI=1S/C19H21FN6O4/c1-28-19(27)25-4-2-3-24(5-6-25)18-22-17(30-23-18)12-7-15(20)14-9-21-26(16(14)8-12)13-10-29-11-13/h7-9,13H,2-6,10-11H2,1H3. The van der Waals surface area contributed by atoms with Crippen molar-refractivity contribution in [1.82, 2.24) is 24.8 Å². The van der Waals surface area contributed by atoms with E-state index in [0.29, 0.717) is 61.8 Å².